The van der Waals surface area contributed by atoms with Gasteiger partial charge in [-0.05, 0) is 31.5 Å². The molecule has 1 aliphatic rings. The van der Waals surface area contributed by atoms with Gasteiger partial charge in [0.1, 0.15) is 0 Å². The molecular formula is C13H21N3O2S. The van der Waals surface area contributed by atoms with E-state index in [1.54, 1.807) is 0 Å². The maximum absolute atomic E-state index is 11.4. The number of likely N-dealkylation sites (N-methyl/N-ethyl adjacent to an activating group) is 1. The SMILES string of the molecule is CCN(Cc1ccc(C(=O)NN)s1)CC1CCCO1. The normalized spacial score (nSPS) is 19.0. The molecule has 1 unspecified atom stereocenters. The number of hydrogen-bond donors (Lipinski definition) is 2. The van der Waals surface area contributed by atoms with Gasteiger partial charge < -0.3 is 4.74 Å². The first kappa shape index (κ1) is 14.5. The Labute approximate surface area is 117 Å². The molecule has 19 heavy (non-hydrogen) atoms. The van der Waals surface area contributed by atoms with Gasteiger partial charge in [-0.2, -0.15) is 0 Å². The van der Waals surface area contributed by atoms with Crippen LogP contribution in [0.2, 0.25) is 0 Å². The monoisotopic (exact) mass is 283 g/mol. The van der Waals surface area contributed by atoms with Crippen molar-refractivity contribution >= 4 is 17.2 Å². The number of nitrogen functional groups attached to an aromatic ring is 1. The van der Waals surface area contributed by atoms with Gasteiger partial charge >= 0.3 is 0 Å². The molecule has 1 aromatic rings. The van der Waals surface area contributed by atoms with Crippen molar-refractivity contribution in [1.82, 2.24) is 10.3 Å². The Morgan fingerprint density at radius 3 is 3.11 bits per heavy atom. The lowest BCUT2D eigenvalue weighted by molar-refractivity contribution is 0.0728. The molecule has 6 heteroatoms. The molecule has 2 heterocycles. The molecule has 0 bridgehead atoms. The molecule has 1 saturated heterocycles. The minimum absolute atomic E-state index is 0.224. The highest BCUT2D eigenvalue weighted by Gasteiger charge is 2.19. The Morgan fingerprint density at radius 1 is 1.63 bits per heavy atom. The molecule has 1 aliphatic heterocycles. The van der Waals surface area contributed by atoms with Crippen LogP contribution in [0.15, 0.2) is 12.1 Å². The average molecular weight is 283 g/mol. The van der Waals surface area contributed by atoms with Gasteiger partial charge in [-0.1, -0.05) is 6.92 Å². The summed E-state index contributed by atoms with van der Waals surface area (Å²) in [6.07, 6.45) is 2.69. The molecular weight excluding hydrogens is 262 g/mol. The highest BCUT2D eigenvalue weighted by atomic mass is 32.1. The Kier molecular flexibility index (Phi) is 5.33. The van der Waals surface area contributed by atoms with Crippen LogP contribution in [0.4, 0.5) is 0 Å². The van der Waals surface area contributed by atoms with Crippen molar-refractivity contribution < 1.29 is 9.53 Å². The number of nitrogens with zero attached hydrogens (tertiary/aromatic N) is 1. The van der Waals surface area contributed by atoms with Crippen LogP contribution in [0.1, 0.15) is 34.3 Å². The second-order valence-corrected chi connectivity index (χ2v) is 5.87. The molecule has 5 nitrogen and oxygen atoms in total. The number of amides is 1. The van der Waals surface area contributed by atoms with Crippen molar-refractivity contribution in [1.29, 1.82) is 0 Å². The van der Waals surface area contributed by atoms with E-state index in [0.717, 1.165) is 32.7 Å². The molecule has 0 aromatic carbocycles. The molecule has 1 fully saturated rings. The third-order valence-corrected chi connectivity index (χ3v) is 4.40. The van der Waals surface area contributed by atoms with E-state index in [1.165, 1.54) is 22.6 Å². The maximum atomic E-state index is 11.4. The van der Waals surface area contributed by atoms with Gasteiger partial charge in [0.2, 0.25) is 0 Å². The number of carbonyl (C=O) groups is 1. The van der Waals surface area contributed by atoms with Crippen LogP contribution in [0.25, 0.3) is 0 Å². The van der Waals surface area contributed by atoms with Crippen LogP contribution in [-0.2, 0) is 11.3 Å². The first-order valence-corrected chi connectivity index (χ1v) is 7.48. The summed E-state index contributed by atoms with van der Waals surface area (Å²) < 4.78 is 5.66. The minimum atomic E-state index is -0.224. The fourth-order valence-electron chi connectivity index (χ4n) is 2.26. The lowest BCUT2D eigenvalue weighted by Gasteiger charge is -2.22. The van der Waals surface area contributed by atoms with Gasteiger partial charge in [0, 0.05) is 24.6 Å². The standard InChI is InChI=1S/C13H21N3O2S/c1-2-16(8-10-4-3-7-18-10)9-11-5-6-12(19-11)13(17)15-14/h5-6,10H,2-4,7-9,14H2,1H3,(H,15,17). The minimum Gasteiger partial charge on any atom is -0.377 e. The smallest absolute Gasteiger partial charge is 0.275 e. The first-order valence-electron chi connectivity index (χ1n) is 6.66. The molecule has 2 rings (SSSR count). The molecule has 0 spiro atoms. The highest BCUT2D eigenvalue weighted by Crippen LogP contribution is 2.20. The summed E-state index contributed by atoms with van der Waals surface area (Å²) >= 11 is 1.49. The van der Waals surface area contributed by atoms with E-state index in [0.29, 0.717) is 11.0 Å². The summed E-state index contributed by atoms with van der Waals surface area (Å²) in [5.74, 6) is 4.91. The Bertz CT molecular complexity index is 416. The maximum Gasteiger partial charge on any atom is 0.275 e. The number of rotatable bonds is 6. The van der Waals surface area contributed by atoms with Crippen LogP contribution < -0.4 is 11.3 Å². The molecule has 0 radical (unpaired) electrons. The van der Waals surface area contributed by atoms with Crippen molar-refractivity contribution in [2.45, 2.75) is 32.4 Å². The fourth-order valence-corrected chi connectivity index (χ4v) is 3.21. The summed E-state index contributed by atoms with van der Waals surface area (Å²) in [6.45, 7) is 5.85. The van der Waals surface area contributed by atoms with Crippen molar-refractivity contribution in [3.63, 3.8) is 0 Å². The summed E-state index contributed by atoms with van der Waals surface area (Å²) in [5, 5.41) is 0. The third kappa shape index (κ3) is 4.01. The second-order valence-electron chi connectivity index (χ2n) is 4.70. The van der Waals surface area contributed by atoms with E-state index in [4.69, 9.17) is 10.6 Å². The van der Waals surface area contributed by atoms with Crippen LogP contribution in [0.3, 0.4) is 0 Å². The summed E-state index contributed by atoms with van der Waals surface area (Å²) in [4.78, 5) is 15.6. The molecule has 0 saturated carbocycles. The lowest BCUT2D eigenvalue weighted by Crippen LogP contribution is -2.31. The number of ether oxygens (including phenoxy) is 1. The van der Waals surface area contributed by atoms with Gasteiger partial charge in [0.25, 0.3) is 5.91 Å². The van der Waals surface area contributed by atoms with Crippen molar-refractivity contribution in [2.75, 3.05) is 19.7 Å². The molecule has 3 N–H and O–H groups in total. The lowest BCUT2D eigenvalue weighted by atomic mass is 10.2. The number of nitrogens with one attached hydrogen (secondary N) is 1. The molecule has 106 valence electrons. The predicted octanol–water partition coefficient (Wildman–Crippen LogP) is 1.35. The largest absolute Gasteiger partial charge is 0.377 e. The Balaban J connectivity index is 1.90. The molecule has 1 aromatic heterocycles. The molecule has 1 amide bonds. The van der Waals surface area contributed by atoms with Crippen LogP contribution >= 0.6 is 11.3 Å². The zero-order valence-electron chi connectivity index (χ0n) is 11.2. The van der Waals surface area contributed by atoms with Gasteiger partial charge in [-0.25, -0.2) is 5.84 Å². The van der Waals surface area contributed by atoms with Crippen LogP contribution in [0.5, 0.6) is 0 Å². The van der Waals surface area contributed by atoms with E-state index in [-0.39, 0.29) is 5.91 Å². The van der Waals surface area contributed by atoms with Crippen LogP contribution in [0, 0.1) is 0 Å². The van der Waals surface area contributed by atoms with Crippen LogP contribution in [-0.4, -0.2) is 36.6 Å². The number of hydrazine groups is 1. The van der Waals surface area contributed by atoms with Crippen molar-refractivity contribution in [3.8, 4) is 0 Å². The van der Waals surface area contributed by atoms with Crippen molar-refractivity contribution in [2.24, 2.45) is 5.84 Å². The van der Waals surface area contributed by atoms with E-state index < -0.39 is 0 Å². The zero-order chi connectivity index (χ0) is 13.7. The van der Waals surface area contributed by atoms with Gasteiger partial charge in [0.05, 0.1) is 11.0 Å². The van der Waals surface area contributed by atoms with E-state index >= 15 is 0 Å². The number of nitrogens with two attached hydrogens (primary N) is 1. The fraction of sp³-hybridized carbons (Fsp3) is 0.615. The number of carbonyl (C=O) groups excluding carboxylic acids is 1. The topological polar surface area (TPSA) is 67.6 Å². The summed E-state index contributed by atoms with van der Waals surface area (Å²) in [7, 11) is 0. The van der Waals surface area contributed by atoms with Gasteiger partial charge in [0.15, 0.2) is 0 Å². The second kappa shape index (κ2) is 7.00. The zero-order valence-corrected chi connectivity index (χ0v) is 12.0. The number of hydrogen-bond acceptors (Lipinski definition) is 5. The van der Waals surface area contributed by atoms with Gasteiger partial charge in [-0.3, -0.25) is 15.1 Å². The summed E-state index contributed by atoms with van der Waals surface area (Å²) in [5.41, 5.74) is 2.16. The quantitative estimate of drug-likeness (QED) is 0.470. The predicted molar refractivity (Wildman–Crippen MR) is 75.9 cm³/mol. The Morgan fingerprint density at radius 2 is 2.47 bits per heavy atom. The van der Waals surface area contributed by atoms with E-state index in [2.05, 4.69) is 17.2 Å². The molecule has 0 aliphatic carbocycles. The van der Waals surface area contributed by atoms with Gasteiger partial charge in [-0.15, -0.1) is 11.3 Å². The summed E-state index contributed by atoms with van der Waals surface area (Å²) in [6, 6.07) is 3.81. The first-order chi connectivity index (χ1) is 9.22. The average Bonchev–Trinajstić information content (AvgIpc) is 3.08. The highest BCUT2D eigenvalue weighted by molar-refractivity contribution is 7.14. The van der Waals surface area contributed by atoms with Crippen molar-refractivity contribution in [3.05, 3.63) is 21.9 Å². The number of thiophene rings is 1. The van der Waals surface area contributed by atoms with E-state index in [9.17, 15) is 4.79 Å². The molecule has 1 atom stereocenters. The third-order valence-electron chi connectivity index (χ3n) is 3.33. The Hall–Kier alpha value is -0.950. The van der Waals surface area contributed by atoms with E-state index in [1.807, 2.05) is 12.1 Å².